The maximum Gasteiger partial charge on any atom is 0.0536 e. The Balaban J connectivity index is 0.000000758. The lowest BCUT2D eigenvalue weighted by Crippen LogP contribution is -2.17. The van der Waals surface area contributed by atoms with Crippen LogP contribution in [-0.2, 0) is 0 Å². The van der Waals surface area contributed by atoms with Gasteiger partial charge in [-0.05, 0) is 56.5 Å². The highest BCUT2D eigenvalue weighted by atomic mass is 15.1. The van der Waals surface area contributed by atoms with Crippen molar-refractivity contribution in [3.05, 3.63) is 89.7 Å². The standard InChI is InChI=1S/C22H23N.C3H8/c1-4-21-18(3)9-8-12-22(21)23(19-10-6-5-7-11-19)20-15-13-17(2)14-16-20;1-3-2/h4,6,8-16H,1,5,7H2,2-3H3;3H2,1-2H3. The number of anilines is 2. The second kappa shape index (κ2) is 9.82. The van der Waals surface area contributed by atoms with E-state index in [0.717, 1.165) is 12.8 Å². The number of aryl methyl sites for hydroxylation is 2. The molecule has 0 saturated heterocycles. The van der Waals surface area contributed by atoms with Crippen LogP contribution in [0.1, 0.15) is 49.8 Å². The first-order chi connectivity index (χ1) is 12.6. The van der Waals surface area contributed by atoms with Crippen LogP contribution in [-0.4, -0.2) is 0 Å². The van der Waals surface area contributed by atoms with Crippen LogP contribution in [0.4, 0.5) is 11.4 Å². The van der Waals surface area contributed by atoms with Gasteiger partial charge in [0.2, 0.25) is 0 Å². The molecule has 0 bridgehead atoms. The fraction of sp³-hybridized carbons (Fsp3) is 0.280. The molecule has 26 heavy (non-hydrogen) atoms. The van der Waals surface area contributed by atoms with Crippen molar-refractivity contribution in [3.63, 3.8) is 0 Å². The summed E-state index contributed by atoms with van der Waals surface area (Å²) in [6.07, 6.45) is 12.2. The molecule has 0 radical (unpaired) electrons. The maximum atomic E-state index is 4.02. The Labute approximate surface area is 159 Å². The first kappa shape index (κ1) is 19.8. The Hall–Kier alpha value is -2.54. The Morgan fingerprint density at radius 3 is 2.27 bits per heavy atom. The van der Waals surface area contributed by atoms with Crippen molar-refractivity contribution < 1.29 is 0 Å². The van der Waals surface area contributed by atoms with Crippen LogP contribution in [0.25, 0.3) is 6.08 Å². The predicted octanol–water partition coefficient (Wildman–Crippen LogP) is 7.73. The minimum absolute atomic E-state index is 1.09. The molecular formula is C25H31N. The van der Waals surface area contributed by atoms with Gasteiger partial charge in [0.25, 0.3) is 0 Å². The molecule has 1 nitrogen and oxygen atoms in total. The zero-order valence-electron chi connectivity index (χ0n) is 16.6. The zero-order chi connectivity index (χ0) is 18.9. The fourth-order valence-electron chi connectivity index (χ4n) is 3.01. The third-order valence-electron chi connectivity index (χ3n) is 4.27. The van der Waals surface area contributed by atoms with Crippen molar-refractivity contribution >= 4 is 17.5 Å². The van der Waals surface area contributed by atoms with E-state index in [1.165, 1.54) is 40.2 Å². The van der Waals surface area contributed by atoms with E-state index in [9.17, 15) is 0 Å². The van der Waals surface area contributed by atoms with Crippen LogP contribution in [0.15, 0.2) is 73.0 Å². The van der Waals surface area contributed by atoms with Gasteiger partial charge in [-0.3, -0.25) is 0 Å². The minimum atomic E-state index is 1.09. The Morgan fingerprint density at radius 1 is 1.00 bits per heavy atom. The number of nitrogens with zero attached hydrogens (tertiary/aromatic N) is 1. The summed E-state index contributed by atoms with van der Waals surface area (Å²) in [5.74, 6) is 0. The second-order valence-corrected chi connectivity index (χ2v) is 6.70. The summed E-state index contributed by atoms with van der Waals surface area (Å²) in [6, 6.07) is 15.1. The molecule has 0 amide bonds. The molecule has 0 spiro atoms. The highest BCUT2D eigenvalue weighted by Crippen LogP contribution is 2.36. The van der Waals surface area contributed by atoms with Gasteiger partial charge in [0, 0.05) is 16.9 Å². The number of hydrogen-bond donors (Lipinski definition) is 0. The van der Waals surface area contributed by atoms with Crippen molar-refractivity contribution in [2.45, 2.75) is 47.0 Å². The molecule has 2 aromatic rings. The van der Waals surface area contributed by atoms with Gasteiger partial charge in [-0.15, -0.1) is 0 Å². The molecule has 1 aliphatic rings. The van der Waals surface area contributed by atoms with Gasteiger partial charge in [0.05, 0.1) is 5.69 Å². The van der Waals surface area contributed by atoms with Crippen molar-refractivity contribution in [1.82, 2.24) is 0 Å². The van der Waals surface area contributed by atoms with E-state index >= 15 is 0 Å². The Bertz CT molecular complexity index is 778. The molecule has 136 valence electrons. The summed E-state index contributed by atoms with van der Waals surface area (Å²) in [5.41, 5.74) is 7.30. The van der Waals surface area contributed by atoms with Gasteiger partial charge in [0.15, 0.2) is 0 Å². The number of hydrogen-bond acceptors (Lipinski definition) is 1. The number of allylic oxidation sites excluding steroid dienone is 3. The average molecular weight is 346 g/mol. The highest BCUT2D eigenvalue weighted by molar-refractivity contribution is 5.79. The molecule has 0 aliphatic heterocycles. The van der Waals surface area contributed by atoms with E-state index in [0.29, 0.717) is 0 Å². The lowest BCUT2D eigenvalue weighted by Gasteiger charge is -2.29. The van der Waals surface area contributed by atoms with Gasteiger partial charge < -0.3 is 4.90 Å². The Morgan fingerprint density at radius 2 is 1.69 bits per heavy atom. The van der Waals surface area contributed by atoms with E-state index in [1.54, 1.807) is 0 Å². The molecule has 0 atom stereocenters. The topological polar surface area (TPSA) is 3.24 Å². The summed E-state index contributed by atoms with van der Waals surface area (Å²) in [5, 5.41) is 0. The first-order valence-corrected chi connectivity index (χ1v) is 9.57. The zero-order valence-corrected chi connectivity index (χ0v) is 16.6. The van der Waals surface area contributed by atoms with E-state index in [2.05, 4.69) is 99.9 Å². The molecule has 0 heterocycles. The molecule has 1 heteroatoms. The van der Waals surface area contributed by atoms with E-state index in [1.807, 2.05) is 6.08 Å². The van der Waals surface area contributed by atoms with Crippen LogP contribution in [0.5, 0.6) is 0 Å². The van der Waals surface area contributed by atoms with Crippen LogP contribution < -0.4 is 4.90 Å². The summed E-state index contributed by atoms with van der Waals surface area (Å²) in [6.45, 7) is 12.5. The first-order valence-electron chi connectivity index (χ1n) is 9.57. The van der Waals surface area contributed by atoms with Gasteiger partial charge in [-0.2, -0.15) is 0 Å². The van der Waals surface area contributed by atoms with Crippen molar-refractivity contribution in [2.24, 2.45) is 0 Å². The van der Waals surface area contributed by atoms with Crippen LogP contribution >= 0.6 is 0 Å². The fourth-order valence-corrected chi connectivity index (χ4v) is 3.01. The maximum absolute atomic E-state index is 4.02. The largest absolute Gasteiger partial charge is 0.310 e. The second-order valence-electron chi connectivity index (χ2n) is 6.70. The summed E-state index contributed by atoms with van der Waals surface area (Å²) in [4.78, 5) is 2.33. The minimum Gasteiger partial charge on any atom is -0.310 e. The van der Waals surface area contributed by atoms with Gasteiger partial charge in [0.1, 0.15) is 0 Å². The van der Waals surface area contributed by atoms with E-state index < -0.39 is 0 Å². The average Bonchev–Trinajstić information content (AvgIpc) is 2.65. The summed E-state index contributed by atoms with van der Waals surface area (Å²) < 4.78 is 0. The van der Waals surface area contributed by atoms with Gasteiger partial charge >= 0.3 is 0 Å². The third-order valence-corrected chi connectivity index (χ3v) is 4.27. The molecule has 1 aliphatic carbocycles. The predicted molar refractivity (Wildman–Crippen MR) is 117 cm³/mol. The quantitative estimate of drug-likeness (QED) is 0.548. The lowest BCUT2D eigenvalue weighted by atomic mass is 10.0. The lowest BCUT2D eigenvalue weighted by molar-refractivity contribution is 0.996. The number of benzene rings is 2. The van der Waals surface area contributed by atoms with Crippen molar-refractivity contribution in [2.75, 3.05) is 4.90 Å². The summed E-state index contributed by atoms with van der Waals surface area (Å²) in [7, 11) is 0. The van der Waals surface area contributed by atoms with E-state index in [-0.39, 0.29) is 0 Å². The molecule has 0 unspecified atom stereocenters. The highest BCUT2D eigenvalue weighted by Gasteiger charge is 2.17. The van der Waals surface area contributed by atoms with Crippen LogP contribution in [0, 0.1) is 13.8 Å². The van der Waals surface area contributed by atoms with Gasteiger partial charge in [-0.1, -0.05) is 74.9 Å². The van der Waals surface area contributed by atoms with E-state index in [4.69, 9.17) is 0 Å². The molecule has 3 rings (SSSR count). The van der Waals surface area contributed by atoms with Crippen molar-refractivity contribution in [1.29, 1.82) is 0 Å². The Kier molecular flexibility index (Phi) is 7.47. The van der Waals surface area contributed by atoms with Crippen LogP contribution in [0.3, 0.4) is 0 Å². The molecule has 0 N–H and O–H groups in total. The molecule has 0 fully saturated rings. The molecule has 0 aromatic heterocycles. The summed E-state index contributed by atoms with van der Waals surface area (Å²) >= 11 is 0. The normalized spacial score (nSPS) is 12.7. The monoisotopic (exact) mass is 345 g/mol. The van der Waals surface area contributed by atoms with Crippen LogP contribution in [0.2, 0.25) is 0 Å². The number of rotatable bonds is 4. The SMILES string of the molecule is C=Cc1c(C)cccc1N(C1=CCCC=C1)c1ccc(C)cc1.CCC. The van der Waals surface area contributed by atoms with Crippen molar-refractivity contribution in [3.8, 4) is 0 Å². The van der Waals surface area contributed by atoms with Gasteiger partial charge in [-0.25, -0.2) is 0 Å². The molecule has 2 aromatic carbocycles. The molecule has 0 saturated carbocycles. The molecular weight excluding hydrogens is 314 g/mol. The smallest absolute Gasteiger partial charge is 0.0536 e. The third kappa shape index (κ3) is 4.76.